The van der Waals surface area contributed by atoms with E-state index in [0.717, 1.165) is 39.1 Å². The predicted octanol–water partition coefficient (Wildman–Crippen LogP) is 5.88. The molecule has 3 nitrogen and oxygen atoms in total. The van der Waals surface area contributed by atoms with Crippen molar-refractivity contribution in [3.63, 3.8) is 0 Å². The van der Waals surface area contributed by atoms with Crippen LogP contribution in [0.2, 0.25) is 0 Å². The van der Waals surface area contributed by atoms with E-state index in [-0.39, 0.29) is 0 Å². The van der Waals surface area contributed by atoms with Gasteiger partial charge in [-0.1, -0.05) is 73.3 Å². The smallest absolute Gasteiger partial charge is 0.335 e. The molecule has 4 aromatic carbocycles. The third-order valence-electron chi connectivity index (χ3n) is 4.17. The van der Waals surface area contributed by atoms with E-state index in [1.807, 2.05) is 78.9 Å². The molecule has 0 fully saturated rings. The molecule has 0 aliphatic rings. The van der Waals surface area contributed by atoms with Crippen molar-refractivity contribution in [1.29, 1.82) is 0 Å². The van der Waals surface area contributed by atoms with Crippen LogP contribution in [-0.4, -0.2) is 5.97 Å². The Bertz CT molecular complexity index is 1060. The normalized spacial score (nSPS) is 10.6. The molecule has 0 radical (unpaired) electrons. The molecule has 0 aromatic heterocycles. The number of benzene rings is 4. The highest BCUT2D eigenvalue weighted by Gasteiger charge is 2.17. The van der Waals surface area contributed by atoms with Crippen molar-refractivity contribution in [2.24, 2.45) is 0 Å². The first-order chi connectivity index (χ1) is 12.8. The minimum atomic E-state index is -0.489. The monoisotopic (exact) mass is 340 g/mol. The first kappa shape index (κ1) is 15.9. The molecular formula is C23H16O3. The number of hydrogen-bond donors (Lipinski definition) is 0. The maximum absolute atomic E-state index is 11.9. The van der Waals surface area contributed by atoms with Crippen molar-refractivity contribution in [1.82, 2.24) is 0 Å². The van der Waals surface area contributed by atoms with Crippen molar-refractivity contribution in [2.45, 2.75) is 0 Å². The third-order valence-corrected chi connectivity index (χ3v) is 4.17. The van der Waals surface area contributed by atoms with E-state index in [2.05, 4.69) is 6.58 Å². The fourth-order valence-electron chi connectivity index (χ4n) is 3.02. The second-order valence-corrected chi connectivity index (χ2v) is 5.79. The standard InChI is InChI=1S/C23H16O3/c1-2-21(24)26-23-19-14-8-6-12-17(19)22(18-13-7-9-15-20(18)23)25-16-10-4-3-5-11-16/h2-15H,1H2. The molecule has 0 aliphatic carbocycles. The van der Waals surface area contributed by atoms with E-state index < -0.39 is 5.97 Å². The number of ether oxygens (including phenoxy) is 2. The molecule has 0 heterocycles. The fourth-order valence-corrected chi connectivity index (χ4v) is 3.02. The second-order valence-electron chi connectivity index (χ2n) is 5.79. The van der Waals surface area contributed by atoms with Gasteiger partial charge in [0.25, 0.3) is 0 Å². The maximum Gasteiger partial charge on any atom is 0.335 e. The molecule has 0 unspecified atom stereocenters. The van der Waals surface area contributed by atoms with Crippen LogP contribution in [0.1, 0.15) is 0 Å². The third kappa shape index (κ3) is 2.80. The Morgan fingerprint density at radius 3 is 1.65 bits per heavy atom. The van der Waals surface area contributed by atoms with Gasteiger partial charge in [-0.15, -0.1) is 0 Å². The van der Waals surface area contributed by atoms with Crippen LogP contribution < -0.4 is 9.47 Å². The molecule has 0 saturated heterocycles. The van der Waals surface area contributed by atoms with E-state index in [0.29, 0.717) is 5.75 Å². The number of carbonyl (C=O) groups excluding carboxylic acids is 1. The molecule has 0 atom stereocenters. The van der Waals surface area contributed by atoms with Crippen LogP contribution in [0.4, 0.5) is 0 Å². The van der Waals surface area contributed by atoms with Crippen molar-refractivity contribution < 1.29 is 14.3 Å². The molecule has 0 saturated carbocycles. The molecule has 126 valence electrons. The van der Waals surface area contributed by atoms with E-state index in [1.165, 1.54) is 0 Å². The van der Waals surface area contributed by atoms with Crippen molar-refractivity contribution in [3.05, 3.63) is 91.5 Å². The minimum absolute atomic E-state index is 0.489. The molecule has 0 N–H and O–H groups in total. The van der Waals surface area contributed by atoms with Crippen molar-refractivity contribution in [2.75, 3.05) is 0 Å². The van der Waals surface area contributed by atoms with E-state index in [1.54, 1.807) is 0 Å². The first-order valence-electron chi connectivity index (χ1n) is 8.28. The molecule has 0 aliphatic heterocycles. The zero-order valence-electron chi connectivity index (χ0n) is 14.0. The lowest BCUT2D eigenvalue weighted by atomic mass is 10.0. The first-order valence-corrected chi connectivity index (χ1v) is 8.28. The van der Waals surface area contributed by atoms with Gasteiger partial charge in [0, 0.05) is 27.6 Å². The largest absolute Gasteiger partial charge is 0.456 e. The summed E-state index contributed by atoms with van der Waals surface area (Å²) in [5.41, 5.74) is 0. The fraction of sp³-hybridized carbons (Fsp3) is 0. The zero-order valence-corrected chi connectivity index (χ0v) is 14.0. The average molecular weight is 340 g/mol. The molecule has 0 bridgehead atoms. The van der Waals surface area contributed by atoms with Gasteiger partial charge in [-0.05, 0) is 12.1 Å². The summed E-state index contributed by atoms with van der Waals surface area (Å²) < 4.78 is 11.8. The van der Waals surface area contributed by atoms with Gasteiger partial charge in [0.15, 0.2) is 0 Å². The summed E-state index contributed by atoms with van der Waals surface area (Å²) in [6, 6.07) is 25.1. The van der Waals surface area contributed by atoms with Gasteiger partial charge in [-0.25, -0.2) is 4.79 Å². The summed E-state index contributed by atoms with van der Waals surface area (Å²) in [7, 11) is 0. The SMILES string of the molecule is C=CC(=O)Oc1c2ccccc2c(Oc2ccccc2)c2ccccc12. The molecule has 4 rings (SSSR count). The summed E-state index contributed by atoms with van der Waals surface area (Å²) in [5, 5.41) is 3.38. The second kappa shape index (κ2) is 6.73. The molecule has 0 spiro atoms. The van der Waals surface area contributed by atoms with Gasteiger partial charge in [-0.3, -0.25) is 0 Å². The Labute approximate surface area is 151 Å². The van der Waals surface area contributed by atoms with Crippen molar-refractivity contribution >= 4 is 27.5 Å². The van der Waals surface area contributed by atoms with Crippen LogP contribution in [0.5, 0.6) is 17.2 Å². The highest BCUT2D eigenvalue weighted by atomic mass is 16.5. The predicted molar refractivity (Wildman–Crippen MR) is 104 cm³/mol. The minimum Gasteiger partial charge on any atom is -0.456 e. The topological polar surface area (TPSA) is 35.5 Å². The summed E-state index contributed by atoms with van der Waals surface area (Å²) in [5.74, 6) is 1.51. The Kier molecular flexibility index (Phi) is 4.12. The lowest BCUT2D eigenvalue weighted by molar-refractivity contribution is -0.128. The summed E-state index contributed by atoms with van der Waals surface area (Å²) >= 11 is 0. The van der Waals surface area contributed by atoms with Crippen LogP contribution in [0.3, 0.4) is 0 Å². The Balaban J connectivity index is 2.03. The zero-order chi connectivity index (χ0) is 17.9. The van der Waals surface area contributed by atoms with Gasteiger partial charge in [0.1, 0.15) is 17.2 Å². The molecule has 0 amide bonds. The van der Waals surface area contributed by atoms with Gasteiger partial charge in [0.2, 0.25) is 0 Å². The Morgan fingerprint density at radius 2 is 1.15 bits per heavy atom. The van der Waals surface area contributed by atoms with Gasteiger partial charge < -0.3 is 9.47 Å². The van der Waals surface area contributed by atoms with Gasteiger partial charge >= 0.3 is 5.97 Å². The van der Waals surface area contributed by atoms with Gasteiger partial charge in [0.05, 0.1) is 0 Å². The highest BCUT2D eigenvalue weighted by Crippen LogP contribution is 2.44. The number of hydrogen-bond acceptors (Lipinski definition) is 3. The Morgan fingerprint density at radius 1 is 0.692 bits per heavy atom. The van der Waals surface area contributed by atoms with Crippen LogP contribution in [0, 0.1) is 0 Å². The lowest BCUT2D eigenvalue weighted by Crippen LogP contribution is -2.04. The number of esters is 1. The van der Waals surface area contributed by atoms with E-state index in [4.69, 9.17) is 9.47 Å². The van der Waals surface area contributed by atoms with Crippen LogP contribution in [0.25, 0.3) is 21.5 Å². The highest BCUT2D eigenvalue weighted by molar-refractivity contribution is 6.12. The van der Waals surface area contributed by atoms with E-state index >= 15 is 0 Å². The molecule has 3 heteroatoms. The molecule has 26 heavy (non-hydrogen) atoms. The lowest BCUT2D eigenvalue weighted by Gasteiger charge is -2.16. The Hall–Kier alpha value is -3.59. The maximum atomic E-state index is 11.9. The summed E-state index contributed by atoms with van der Waals surface area (Å²) in [6.07, 6.45) is 1.16. The molecular weight excluding hydrogens is 324 g/mol. The molecule has 4 aromatic rings. The number of para-hydroxylation sites is 1. The number of rotatable bonds is 4. The number of fused-ring (bicyclic) bond motifs is 2. The van der Waals surface area contributed by atoms with Crippen LogP contribution in [0.15, 0.2) is 91.5 Å². The van der Waals surface area contributed by atoms with Crippen LogP contribution in [-0.2, 0) is 4.79 Å². The quantitative estimate of drug-likeness (QED) is 0.201. The summed E-state index contributed by atoms with van der Waals surface area (Å²) in [4.78, 5) is 11.9. The van der Waals surface area contributed by atoms with Crippen LogP contribution >= 0.6 is 0 Å². The summed E-state index contributed by atoms with van der Waals surface area (Å²) in [6.45, 7) is 3.49. The number of carbonyl (C=O) groups is 1. The van der Waals surface area contributed by atoms with E-state index in [9.17, 15) is 4.79 Å². The van der Waals surface area contributed by atoms with Gasteiger partial charge in [-0.2, -0.15) is 0 Å². The van der Waals surface area contributed by atoms with Crippen molar-refractivity contribution in [3.8, 4) is 17.2 Å². The average Bonchev–Trinajstić information content (AvgIpc) is 2.71.